The largest absolute Gasteiger partial charge is 0.357 e. The van der Waals surface area contributed by atoms with E-state index in [1.807, 2.05) is 6.92 Å². The first-order chi connectivity index (χ1) is 10.0. The van der Waals surface area contributed by atoms with Crippen LogP contribution in [-0.2, 0) is 16.6 Å². The summed E-state index contributed by atoms with van der Waals surface area (Å²) in [5, 5.41) is 6.54. The third-order valence-corrected chi connectivity index (χ3v) is 4.61. The number of benzene rings is 1. The molecule has 1 aliphatic rings. The number of rotatable bonds is 6. The lowest BCUT2D eigenvalue weighted by Gasteiger charge is -2.10. The van der Waals surface area contributed by atoms with Gasteiger partial charge in [-0.25, -0.2) is 18.1 Å². The van der Waals surface area contributed by atoms with Gasteiger partial charge in [0.2, 0.25) is 10.0 Å². The SMILES string of the molecule is CCNC(=NCc1ccc(S(=O)(=O)NC)cc1)NC1CC1. The molecule has 1 aromatic carbocycles. The van der Waals surface area contributed by atoms with Gasteiger partial charge in [0.15, 0.2) is 5.96 Å². The molecule has 0 unspecified atom stereocenters. The van der Waals surface area contributed by atoms with Crippen molar-refractivity contribution in [3.63, 3.8) is 0 Å². The molecule has 0 heterocycles. The van der Waals surface area contributed by atoms with Crippen LogP contribution in [0.3, 0.4) is 0 Å². The van der Waals surface area contributed by atoms with Crippen LogP contribution in [0.15, 0.2) is 34.2 Å². The van der Waals surface area contributed by atoms with Crippen LogP contribution in [0.5, 0.6) is 0 Å². The third kappa shape index (κ3) is 4.71. The van der Waals surface area contributed by atoms with E-state index in [9.17, 15) is 8.42 Å². The molecule has 116 valence electrons. The van der Waals surface area contributed by atoms with E-state index >= 15 is 0 Å². The molecule has 1 aliphatic carbocycles. The van der Waals surface area contributed by atoms with Gasteiger partial charge in [-0.2, -0.15) is 0 Å². The highest BCUT2D eigenvalue weighted by molar-refractivity contribution is 7.89. The molecule has 0 bridgehead atoms. The summed E-state index contributed by atoms with van der Waals surface area (Å²) in [5.41, 5.74) is 0.970. The van der Waals surface area contributed by atoms with E-state index in [1.165, 1.54) is 19.9 Å². The summed E-state index contributed by atoms with van der Waals surface area (Å²) in [4.78, 5) is 4.77. The summed E-state index contributed by atoms with van der Waals surface area (Å²) < 4.78 is 25.6. The average molecular weight is 310 g/mol. The number of hydrogen-bond donors (Lipinski definition) is 3. The van der Waals surface area contributed by atoms with Crippen LogP contribution in [0.2, 0.25) is 0 Å². The molecule has 0 spiro atoms. The minimum Gasteiger partial charge on any atom is -0.357 e. The van der Waals surface area contributed by atoms with Crippen molar-refractivity contribution in [2.45, 2.75) is 37.2 Å². The summed E-state index contributed by atoms with van der Waals surface area (Å²) in [6.07, 6.45) is 2.39. The maximum absolute atomic E-state index is 11.6. The molecule has 21 heavy (non-hydrogen) atoms. The van der Waals surface area contributed by atoms with Crippen molar-refractivity contribution in [2.75, 3.05) is 13.6 Å². The van der Waals surface area contributed by atoms with Gasteiger partial charge in [-0.05, 0) is 44.5 Å². The van der Waals surface area contributed by atoms with Crippen molar-refractivity contribution in [3.8, 4) is 0 Å². The Bertz CT molecular complexity index is 592. The summed E-state index contributed by atoms with van der Waals surface area (Å²) >= 11 is 0. The van der Waals surface area contributed by atoms with Gasteiger partial charge in [-0.15, -0.1) is 0 Å². The lowest BCUT2D eigenvalue weighted by molar-refractivity contribution is 0.588. The normalized spacial score (nSPS) is 15.8. The van der Waals surface area contributed by atoms with E-state index in [0.29, 0.717) is 12.6 Å². The first-order valence-electron chi connectivity index (χ1n) is 7.12. The molecule has 6 nitrogen and oxygen atoms in total. The van der Waals surface area contributed by atoms with Crippen molar-refractivity contribution in [1.29, 1.82) is 0 Å². The molecule has 0 aliphatic heterocycles. The van der Waals surface area contributed by atoms with Gasteiger partial charge in [-0.3, -0.25) is 0 Å². The van der Waals surface area contributed by atoms with Gasteiger partial charge in [0.25, 0.3) is 0 Å². The molecule has 1 saturated carbocycles. The third-order valence-electron chi connectivity index (χ3n) is 3.18. The Morgan fingerprint density at radius 2 is 1.95 bits per heavy atom. The minimum absolute atomic E-state index is 0.265. The fourth-order valence-electron chi connectivity index (χ4n) is 1.80. The summed E-state index contributed by atoms with van der Waals surface area (Å²) in [5.74, 6) is 0.812. The molecular formula is C14H22N4O2S. The second-order valence-electron chi connectivity index (χ2n) is 4.97. The standard InChI is InChI=1S/C14H22N4O2S/c1-3-16-14(18-12-6-7-12)17-10-11-4-8-13(9-5-11)21(19,20)15-2/h4-5,8-9,12,15H,3,6-7,10H2,1-2H3,(H2,16,17,18). The second-order valence-corrected chi connectivity index (χ2v) is 6.85. The molecule has 0 atom stereocenters. The first-order valence-corrected chi connectivity index (χ1v) is 8.61. The Balaban J connectivity index is 2.01. The molecule has 2 rings (SSSR count). The quantitative estimate of drug-likeness (QED) is 0.536. The zero-order valence-electron chi connectivity index (χ0n) is 12.4. The Hall–Kier alpha value is -1.60. The number of nitrogens with zero attached hydrogens (tertiary/aromatic N) is 1. The van der Waals surface area contributed by atoms with Crippen molar-refractivity contribution in [3.05, 3.63) is 29.8 Å². The van der Waals surface area contributed by atoms with Crippen LogP contribution in [0.4, 0.5) is 0 Å². The van der Waals surface area contributed by atoms with Gasteiger partial charge in [-0.1, -0.05) is 12.1 Å². The van der Waals surface area contributed by atoms with Gasteiger partial charge >= 0.3 is 0 Å². The molecule has 1 fully saturated rings. The van der Waals surface area contributed by atoms with E-state index < -0.39 is 10.0 Å². The van der Waals surface area contributed by atoms with Gasteiger partial charge in [0.1, 0.15) is 0 Å². The van der Waals surface area contributed by atoms with Crippen molar-refractivity contribution in [1.82, 2.24) is 15.4 Å². The van der Waals surface area contributed by atoms with Crippen LogP contribution >= 0.6 is 0 Å². The Kier molecular flexibility index (Phi) is 5.19. The predicted molar refractivity (Wildman–Crippen MR) is 83.7 cm³/mol. The molecule has 0 saturated heterocycles. The molecule has 0 aromatic heterocycles. The monoisotopic (exact) mass is 310 g/mol. The number of hydrogen-bond acceptors (Lipinski definition) is 3. The van der Waals surface area contributed by atoms with Gasteiger partial charge in [0, 0.05) is 12.6 Å². The van der Waals surface area contributed by atoms with Crippen molar-refractivity contribution < 1.29 is 8.42 Å². The average Bonchev–Trinajstić information content (AvgIpc) is 3.29. The predicted octanol–water partition coefficient (Wildman–Crippen LogP) is 0.812. The van der Waals surface area contributed by atoms with E-state index in [-0.39, 0.29) is 4.90 Å². The summed E-state index contributed by atoms with van der Waals surface area (Å²) in [7, 11) is -1.97. The second kappa shape index (κ2) is 6.91. The summed E-state index contributed by atoms with van der Waals surface area (Å²) in [6, 6.07) is 7.31. The van der Waals surface area contributed by atoms with Crippen LogP contribution < -0.4 is 15.4 Å². The zero-order chi connectivity index (χ0) is 15.3. The highest BCUT2D eigenvalue weighted by Crippen LogP contribution is 2.18. The molecular weight excluding hydrogens is 288 g/mol. The first kappa shape index (κ1) is 15.8. The van der Waals surface area contributed by atoms with Crippen LogP contribution in [-0.4, -0.2) is 34.0 Å². The maximum atomic E-state index is 11.6. The molecule has 3 N–H and O–H groups in total. The Morgan fingerprint density at radius 1 is 1.29 bits per heavy atom. The Morgan fingerprint density at radius 3 is 2.48 bits per heavy atom. The fourth-order valence-corrected chi connectivity index (χ4v) is 2.53. The van der Waals surface area contributed by atoms with E-state index in [2.05, 4.69) is 20.3 Å². The van der Waals surface area contributed by atoms with E-state index in [1.54, 1.807) is 24.3 Å². The zero-order valence-corrected chi connectivity index (χ0v) is 13.2. The molecule has 0 amide bonds. The lowest BCUT2D eigenvalue weighted by Crippen LogP contribution is -2.38. The van der Waals surface area contributed by atoms with Gasteiger partial charge in [0.05, 0.1) is 11.4 Å². The smallest absolute Gasteiger partial charge is 0.240 e. The minimum atomic E-state index is -3.37. The molecule has 0 radical (unpaired) electrons. The number of guanidine groups is 1. The van der Waals surface area contributed by atoms with E-state index in [4.69, 9.17) is 0 Å². The number of nitrogens with one attached hydrogen (secondary N) is 3. The number of sulfonamides is 1. The number of aliphatic imine (C=N–C) groups is 1. The fraction of sp³-hybridized carbons (Fsp3) is 0.500. The summed E-state index contributed by atoms with van der Waals surface area (Å²) in [6.45, 7) is 3.36. The Labute approximate surface area is 126 Å². The molecule has 1 aromatic rings. The topological polar surface area (TPSA) is 82.6 Å². The van der Waals surface area contributed by atoms with Crippen LogP contribution in [0, 0.1) is 0 Å². The highest BCUT2D eigenvalue weighted by Gasteiger charge is 2.22. The van der Waals surface area contributed by atoms with Crippen LogP contribution in [0.1, 0.15) is 25.3 Å². The van der Waals surface area contributed by atoms with E-state index in [0.717, 1.165) is 18.1 Å². The molecule has 7 heteroatoms. The van der Waals surface area contributed by atoms with Crippen LogP contribution in [0.25, 0.3) is 0 Å². The van der Waals surface area contributed by atoms with Crippen molar-refractivity contribution in [2.24, 2.45) is 4.99 Å². The maximum Gasteiger partial charge on any atom is 0.240 e. The van der Waals surface area contributed by atoms with Crippen molar-refractivity contribution >= 4 is 16.0 Å². The lowest BCUT2D eigenvalue weighted by atomic mass is 10.2. The van der Waals surface area contributed by atoms with Gasteiger partial charge < -0.3 is 10.6 Å². The highest BCUT2D eigenvalue weighted by atomic mass is 32.2.